The van der Waals surface area contributed by atoms with E-state index in [4.69, 9.17) is 43.7 Å². The van der Waals surface area contributed by atoms with Gasteiger partial charge in [0.2, 0.25) is 0 Å². The number of rotatable bonds is 4. The van der Waals surface area contributed by atoms with Gasteiger partial charge in [-0.05, 0) is 36.8 Å². The normalized spacial score (nSPS) is 10.8. The number of nitrogens with two attached hydrogens (primary N) is 6. The number of esters is 1. The molecule has 0 spiro atoms. The molecule has 0 bridgehead atoms. The van der Waals surface area contributed by atoms with Gasteiger partial charge in [-0.2, -0.15) is 8.42 Å². The molecule has 0 saturated heterocycles. The Balaban J connectivity index is 0.000000295. The van der Waals surface area contributed by atoms with E-state index < -0.39 is 30.8 Å². The Bertz CT molecular complexity index is 1580. The highest BCUT2D eigenvalue weighted by molar-refractivity contribution is 7.90. The number of sulfone groups is 1. The molecule has 13 N–H and O–H groups in total. The third-order valence-corrected chi connectivity index (χ3v) is 7.15. The second kappa shape index (κ2) is 12.9. The van der Waals surface area contributed by atoms with Gasteiger partial charge in [-0.1, -0.05) is 12.1 Å². The first-order chi connectivity index (χ1) is 17.9. The third-order valence-electron chi connectivity index (χ3n) is 5.01. The maximum Gasteiger partial charge on any atom is 0.339 e. The van der Waals surface area contributed by atoms with Gasteiger partial charge in [0.15, 0.2) is 9.84 Å². The zero-order valence-corrected chi connectivity index (χ0v) is 23.3. The molecule has 3 aromatic rings. The van der Waals surface area contributed by atoms with Crippen molar-refractivity contribution in [3.8, 4) is 5.75 Å². The second-order valence-corrected chi connectivity index (χ2v) is 11.3. The molecule has 14 nitrogen and oxygen atoms in total. The number of hydrogen-bond acceptors (Lipinski definition) is 13. The minimum absolute atomic E-state index is 0.00472. The van der Waals surface area contributed by atoms with Crippen molar-refractivity contribution < 1.29 is 35.7 Å². The summed E-state index contributed by atoms with van der Waals surface area (Å²) < 4.78 is 62.5. The Morgan fingerprint density at radius 2 is 1.33 bits per heavy atom. The van der Waals surface area contributed by atoms with Crippen molar-refractivity contribution in [2.45, 2.75) is 16.7 Å². The quantitative estimate of drug-likeness (QED) is 0.129. The lowest BCUT2D eigenvalue weighted by molar-refractivity contribution is 0.0602. The van der Waals surface area contributed by atoms with Crippen LogP contribution in [0.3, 0.4) is 0 Å². The molecule has 0 fully saturated rings. The van der Waals surface area contributed by atoms with Gasteiger partial charge in [-0.3, -0.25) is 4.55 Å². The molecule has 16 heteroatoms. The summed E-state index contributed by atoms with van der Waals surface area (Å²) in [6.07, 6.45) is 1.16. The topological polar surface area (TPSA) is 280 Å². The largest absolute Gasteiger partial charge is 0.495 e. The molecular formula is C23H32N6O8S2. The Morgan fingerprint density at radius 1 is 0.769 bits per heavy atom. The summed E-state index contributed by atoms with van der Waals surface area (Å²) in [6, 6.07) is 10.8. The van der Waals surface area contributed by atoms with Gasteiger partial charge >= 0.3 is 5.97 Å². The lowest BCUT2D eigenvalue weighted by atomic mass is 10.2. The van der Waals surface area contributed by atoms with Crippen molar-refractivity contribution in [3.05, 3.63) is 53.6 Å². The molecule has 0 amide bonds. The number of carbonyl (C=O) groups is 1. The van der Waals surface area contributed by atoms with Crippen molar-refractivity contribution in [3.63, 3.8) is 0 Å². The standard InChI is InChI=1S/C9H13NO3S.C8H9NO2.C6H10N4O3S/c1-6-4-7(10)8(13-2)5-9(6)14(3,11)12;1-11-8(10)6-4-2-3-5-7(6)9;7-2-1-3(14(11,12)13)5(9)6(10)4(2)8/h4-5H,10H2,1-3H3;2-5H,9H2,1H3;1H,7-10H2,(H,11,12,13). The van der Waals surface area contributed by atoms with E-state index in [0.29, 0.717) is 28.3 Å². The maximum atomic E-state index is 11.3. The monoisotopic (exact) mass is 584 g/mol. The van der Waals surface area contributed by atoms with Crippen molar-refractivity contribution in [1.29, 1.82) is 0 Å². The van der Waals surface area contributed by atoms with E-state index in [1.165, 1.54) is 20.3 Å². The summed E-state index contributed by atoms with van der Waals surface area (Å²) in [5, 5.41) is 0. The fourth-order valence-corrected chi connectivity index (χ4v) is 4.63. The average molecular weight is 585 g/mol. The first kappa shape index (κ1) is 32.6. The summed E-state index contributed by atoms with van der Waals surface area (Å²) in [7, 11) is -4.87. The molecular weight excluding hydrogens is 552 g/mol. The van der Waals surface area contributed by atoms with Crippen molar-refractivity contribution in [2.24, 2.45) is 0 Å². The Labute approximate surface area is 226 Å². The lowest BCUT2D eigenvalue weighted by Crippen LogP contribution is -2.10. The Kier molecular flexibility index (Phi) is 10.8. The van der Waals surface area contributed by atoms with Gasteiger partial charge in [0.25, 0.3) is 10.1 Å². The molecule has 214 valence electrons. The predicted octanol–water partition coefficient (Wildman–Crippen LogP) is 1.31. The van der Waals surface area contributed by atoms with E-state index in [0.717, 1.165) is 12.3 Å². The minimum atomic E-state index is -4.44. The number of methoxy groups -OCH3 is 2. The second-order valence-electron chi connectivity index (χ2n) is 7.89. The third kappa shape index (κ3) is 8.56. The Hall–Kier alpha value is -4.41. The number of carbonyl (C=O) groups excluding carboxylic acids is 1. The van der Waals surface area contributed by atoms with Crippen LogP contribution in [0, 0.1) is 6.92 Å². The van der Waals surface area contributed by atoms with Crippen LogP contribution >= 0.6 is 0 Å². The van der Waals surface area contributed by atoms with Crippen LogP contribution in [-0.2, 0) is 24.7 Å². The summed E-state index contributed by atoms with van der Waals surface area (Å²) in [5.41, 5.74) is 34.0. The first-order valence-electron chi connectivity index (χ1n) is 10.6. The number of anilines is 6. The van der Waals surface area contributed by atoms with Crippen LogP contribution in [0.5, 0.6) is 5.75 Å². The number of hydrogen-bond donors (Lipinski definition) is 7. The van der Waals surface area contributed by atoms with Crippen LogP contribution in [0.1, 0.15) is 15.9 Å². The van der Waals surface area contributed by atoms with Crippen LogP contribution < -0.4 is 39.1 Å². The summed E-state index contributed by atoms with van der Waals surface area (Å²) in [5.74, 6) is -0.0147. The molecule has 0 unspecified atom stereocenters. The average Bonchev–Trinajstić information content (AvgIpc) is 2.84. The predicted molar refractivity (Wildman–Crippen MR) is 151 cm³/mol. The van der Waals surface area contributed by atoms with Gasteiger partial charge in [0.1, 0.15) is 10.6 Å². The first-order valence-corrected chi connectivity index (χ1v) is 14.0. The molecule has 0 aliphatic rings. The number of aryl methyl sites for hydroxylation is 1. The molecule has 0 aliphatic heterocycles. The lowest BCUT2D eigenvalue weighted by Gasteiger charge is -2.10. The van der Waals surface area contributed by atoms with Crippen LogP contribution in [0.2, 0.25) is 0 Å². The highest BCUT2D eigenvalue weighted by Crippen LogP contribution is 2.34. The van der Waals surface area contributed by atoms with E-state index in [-0.39, 0.29) is 27.6 Å². The fraction of sp³-hybridized carbons (Fsp3) is 0.174. The highest BCUT2D eigenvalue weighted by atomic mass is 32.2. The summed E-state index contributed by atoms with van der Waals surface area (Å²) >= 11 is 0. The van der Waals surface area contributed by atoms with Gasteiger partial charge in [0, 0.05) is 18.0 Å². The van der Waals surface area contributed by atoms with E-state index in [2.05, 4.69) is 4.74 Å². The molecule has 0 aliphatic carbocycles. The van der Waals surface area contributed by atoms with Crippen molar-refractivity contribution in [1.82, 2.24) is 0 Å². The van der Waals surface area contributed by atoms with Crippen LogP contribution in [0.4, 0.5) is 34.1 Å². The van der Waals surface area contributed by atoms with Crippen LogP contribution in [-0.4, -0.2) is 47.8 Å². The maximum absolute atomic E-state index is 11.3. The molecule has 0 radical (unpaired) electrons. The number of nitrogen functional groups attached to an aromatic ring is 6. The molecule has 0 aromatic heterocycles. The van der Waals surface area contributed by atoms with Crippen molar-refractivity contribution in [2.75, 3.05) is 54.9 Å². The van der Waals surface area contributed by atoms with Gasteiger partial charge in [-0.25, -0.2) is 13.2 Å². The molecule has 3 rings (SSSR count). The highest BCUT2D eigenvalue weighted by Gasteiger charge is 2.19. The Morgan fingerprint density at radius 3 is 1.79 bits per heavy atom. The number of ether oxygens (including phenoxy) is 2. The van der Waals surface area contributed by atoms with Crippen LogP contribution in [0.25, 0.3) is 0 Å². The van der Waals surface area contributed by atoms with E-state index in [1.807, 2.05) is 0 Å². The molecule has 0 atom stereocenters. The number of benzene rings is 3. The SMILES string of the molecule is COC(=O)c1ccccc1N.COc1cc(S(C)(=O)=O)c(C)cc1N.Nc1cc(S(=O)(=O)O)c(N)c(N)c1N. The molecule has 39 heavy (non-hydrogen) atoms. The summed E-state index contributed by atoms with van der Waals surface area (Å²) in [6.45, 7) is 1.70. The van der Waals surface area contributed by atoms with Gasteiger partial charge in [-0.15, -0.1) is 0 Å². The van der Waals surface area contributed by atoms with Crippen molar-refractivity contribution >= 4 is 60.0 Å². The van der Waals surface area contributed by atoms with Crippen LogP contribution in [0.15, 0.2) is 52.3 Å². The van der Waals surface area contributed by atoms with E-state index in [1.54, 1.807) is 37.3 Å². The molecule has 0 saturated carbocycles. The van der Waals surface area contributed by atoms with Gasteiger partial charge < -0.3 is 43.9 Å². The molecule has 3 aromatic carbocycles. The minimum Gasteiger partial charge on any atom is -0.495 e. The smallest absolute Gasteiger partial charge is 0.339 e. The number of para-hydroxylation sites is 1. The zero-order chi connectivity index (χ0) is 30.3. The zero-order valence-electron chi connectivity index (χ0n) is 21.6. The van der Waals surface area contributed by atoms with E-state index in [9.17, 15) is 21.6 Å². The fourth-order valence-electron chi connectivity index (χ4n) is 3.00. The van der Waals surface area contributed by atoms with E-state index >= 15 is 0 Å². The van der Waals surface area contributed by atoms with Gasteiger partial charge in [0.05, 0.1) is 53.1 Å². The molecule has 0 heterocycles. The summed E-state index contributed by atoms with van der Waals surface area (Å²) in [4.78, 5) is 10.6.